The maximum absolute atomic E-state index is 12.4. The number of carbonyl (C=O) groups is 1. The number of hydrogen-bond acceptors (Lipinski definition) is 3. The number of halogens is 1. The van der Waals surface area contributed by atoms with Gasteiger partial charge in [-0.15, -0.1) is 0 Å². The van der Waals surface area contributed by atoms with Gasteiger partial charge in [-0.1, -0.05) is 15.9 Å². The van der Waals surface area contributed by atoms with Crippen LogP contribution >= 0.6 is 15.9 Å². The van der Waals surface area contributed by atoms with Crippen LogP contribution in [-0.4, -0.2) is 41.8 Å². The second-order valence-corrected chi connectivity index (χ2v) is 8.83. The van der Waals surface area contributed by atoms with Crippen molar-refractivity contribution in [2.24, 2.45) is 0 Å². The Labute approximate surface area is 153 Å². The van der Waals surface area contributed by atoms with E-state index in [0.717, 1.165) is 36.8 Å². The maximum atomic E-state index is 12.4. The third kappa shape index (κ3) is 3.71. The fraction of sp³-hybridized carbons (Fsp3) is 0.632. The van der Waals surface area contributed by atoms with Crippen LogP contribution in [0.25, 0.3) is 0 Å². The summed E-state index contributed by atoms with van der Waals surface area (Å²) in [7, 11) is 0. The molecule has 2 aliphatic heterocycles. The third-order valence-corrected chi connectivity index (χ3v) is 5.38. The molecular formula is C19H27BrN2O2. The lowest BCUT2D eigenvalue weighted by Gasteiger charge is -2.42. The molecular weight excluding hydrogens is 368 g/mol. The highest BCUT2D eigenvalue weighted by Gasteiger charge is 2.35. The van der Waals surface area contributed by atoms with Gasteiger partial charge in [0, 0.05) is 35.3 Å². The number of likely N-dealkylation sites (tertiary alicyclic amines) is 1. The molecule has 0 spiro atoms. The summed E-state index contributed by atoms with van der Waals surface area (Å²) in [6.45, 7) is 9.73. The average Bonchev–Trinajstić information content (AvgIpc) is 2.87. The Hall–Kier alpha value is -1.23. The zero-order valence-electron chi connectivity index (χ0n) is 15.0. The summed E-state index contributed by atoms with van der Waals surface area (Å²) >= 11 is 3.56. The highest BCUT2D eigenvalue weighted by molar-refractivity contribution is 9.10. The molecule has 1 fully saturated rings. The van der Waals surface area contributed by atoms with Crippen molar-refractivity contribution >= 4 is 27.7 Å². The first kappa shape index (κ1) is 17.6. The quantitative estimate of drug-likeness (QED) is 0.697. The Morgan fingerprint density at radius 2 is 2.04 bits per heavy atom. The van der Waals surface area contributed by atoms with Crippen molar-refractivity contribution in [1.82, 2.24) is 4.90 Å². The fourth-order valence-electron chi connectivity index (χ4n) is 3.80. The SMILES string of the molecule is CC1CC(N2CCc3cc(Br)ccc32)CCN1C(=O)OC(C)(C)C. The molecule has 4 nitrogen and oxygen atoms in total. The van der Waals surface area contributed by atoms with Crippen molar-refractivity contribution in [3.8, 4) is 0 Å². The smallest absolute Gasteiger partial charge is 0.410 e. The molecule has 2 aliphatic rings. The standard InChI is InChI=1S/C19H27BrN2O2/c1-13-11-16(8-10-21(13)18(23)24-19(2,3)4)22-9-7-14-12-15(20)5-6-17(14)22/h5-6,12-13,16H,7-11H2,1-4H3. The van der Waals surface area contributed by atoms with E-state index < -0.39 is 5.60 Å². The number of piperidine rings is 1. The summed E-state index contributed by atoms with van der Waals surface area (Å²) in [5.41, 5.74) is 2.35. The van der Waals surface area contributed by atoms with Crippen LogP contribution in [-0.2, 0) is 11.2 Å². The Bertz CT molecular complexity index is 626. The van der Waals surface area contributed by atoms with Crippen LogP contribution in [0.3, 0.4) is 0 Å². The van der Waals surface area contributed by atoms with Crippen molar-refractivity contribution in [3.05, 3.63) is 28.2 Å². The van der Waals surface area contributed by atoms with E-state index in [0.29, 0.717) is 6.04 Å². The first-order chi connectivity index (χ1) is 11.2. The van der Waals surface area contributed by atoms with Crippen LogP contribution in [0.4, 0.5) is 10.5 Å². The Balaban J connectivity index is 1.66. The molecule has 0 bridgehead atoms. The summed E-state index contributed by atoms with van der Waals surface area (Å²) in [5, 5.41) is 0. The molecule has 5 heteroatoms. The molecule has 1 aromatic carbocycles. The monoisotopic (exact) mass is 394 g/mol. The maximum Gasteiger partial charge on any atom is 0.410 e. The first-order valence-electron chi connectivity index (χ1n) is 8.79. The van der Waals surface area contributed by atoms with E-state index in [-0.39, 0.29) is 12.1 Å². The van der Waals surface area contributed by atoms with E-state index in [1.165, 1.54) is 11.3 Å². The van der Waals surface area contributed by atoms with E-state index in [4.69, 9.17) is 4.74 Å². The molecule has 2 heterocycles. The largest absolute Gasteiger partial charge is 0.444 e. The molecule has 1 aromatic rings. The van der Waals surface area contributed by atoms with Crippen molar-refractivity contribution in [2.75, 3.05) is 18.0 Å². The van der Waals surface area contributed by atoms with Gasteiger partial charge in [0.2, 0.25) is 0 Å². The highest BCUT2D eigenvalue weighted by Crippen LogP contribution is 2.35. The molecule has 0 N–H and O–H groups in total. The summed E-state index contributed by atoms with van der Waals surface area (Å²) in [6, 6.07) is 7.28. The van der Waals surface area contributed by atoms with Gasteiger partial charge in [-0.2, -0.15) is 0 Å². The molecule has 0 aromatic heterocycles. The number of hydrogen-bond donors (Lipinski definition) is 0. The number of amides is 1. The van der Waals surface area contributed by atoms with Gasteiger partial charge in [0.05, 0.1) is 0 Å². The van der Waals surface area contributed by atoms with Crippen molar-refractivity contribution in [1.29, 1.82) is 0 Å². The molecule has 0 aliphatic carbocycles. The Morgan fingerprint density at radius 1 is 1.29 bits per heavy atom. The molecule has 3 rings (SSSR count). The molecule has 2 unspecified atom stereocenters. The second kappa shape index (κ2) is 6.58. The predicted molar refractivity (Wildman–Crippen MR) is 101 cm³/mol. The molecule has 132 valence electrons. The van der Waals surface area contributed by atoms with Gasteiger partial charge in [-0.3, -0.25) is 0 Å². The van der Waals surface area contributed by atoms with Gasteiger partial charge < -0.3 is 14.5 Å². The van der Waals surface area contributed by atoms with Gasteiger partial charge >= 0.3 is 6.09 Å². The van der Waals surface area contributed by atoms with Crippen molar-refractivity contribution in [3.63, 3.8) is 0 Å². The predicted octanol–water partition coefficient (Wildman–Crippen LogP) is 4.60. The number of rotatable bonds is 1. The van der Waals surface area contributed by atoms with Crippen LogP contribution in [0.5, 0.6) is 0 Å². The van der Waals surface area contributed by atoms with E-state index >= 15 is 0 Å². The lowest BCUT2D eigenvalue weighted by Crippen LogP contribution is -2.52. The minimum atomic E-state index is -0.436. The lowest BCUT2D eigenvalue weighted by atomic mass is 9.97. The molecule has 0 saturated carbocycles. The first-order valence-corrected chi connectivity index (χ1v) is 9.58. The number of anilines is 1. The summed E-state index contributed by atoms with van der Waals surface area (Å²) in [5.74, 6) is 0. The topological polar surface area (TPSA) is 32.8 Å². The van der Waals surface area contributed by atoms with Gasteiger partial charge in [0.1, 0.15) is 5.60 Å². The number of fused-ring (bicyclic) bond motifs is 1. The van der Waals surface area contributed by atoms with Gasteiger partial charge in [0.25, 0.3) is 0 Å². The second-order valence-electron chi connectivity index (χ2n) is 7.92. The average molecular weight is 395 g/mol. The van der Waals surface area contributed by atoms with Crippen molar-refractivity contribution < 1.29 is 9.53 Å². The molecule has 1 amide bonds. The van der Waals surface area contributed by atoms with Gasteiger partial charge in [-0.25, -0.2) is 4.79 Å². The molecule has 2 atom stereocenters. The number of benzene rings is 1. The molecule has 24 heavy (non-hydrogen) atoms. The minimum absolute atomic E-state index is 0.181. The zero-order chi connectivity index (χ0) is 17.5. The zero-order valence-corrected chi connectivity index (χ0v) is 16.6. The summed E-state index contributed by atoms with van der Waals surface area (Å²) in [6.07, 6.45) is 2.92. The lowest BCUT2D eigenvalue weighted by molar-refractivity contribution is 0.0104. The molecule has 1 saturated heterocycles. The third-order valence-electron chi connectivity index (χ3n) is 4.89. The minimum Gasteiger partial charge on any atom is -0.444 e. The van der Waals surface area contributed by atoms with Crippen LogP contribution in [0.1, 0.15) is 46.1 Å². The normalized spacial score (nSPS) is 24.0. The number of ether oxygens (including phenoxy) is 1. The van der Waals surface area contributed by atoms with Crippen LogP contribution in [0.2, 0.25) is 0 Å². The Kier molecular flexibility index (Phi) is 4.82. The molecule has 0 radical (unpaired) electrons. The van der Waals surface area contributed by atoms with E-state index in [1.807, 2.05) is 25.7 Å². The fourth-order valence-corrected chi connectivity index (χ4v) is 4.21. The van der Waals surface area contributed by atoms with Gasteiger partial charge in [-0.05, 0) is 70.7 Å². The number of carbonyl (C=O) groups excluding carboxylic acids is 1. The number of nitrogens with zero attached hydrogens (tertiary/aromatic N) is 2. The van der Waals surface area contributed by atoms with E-state index in [9.17, 15) is 4.79 Å². The highest BCUT2D eigenvalue weighted by atomic mass is 79.9. The summed E-state index contributed by atoms with van der Waals surface area (Å²) < 4.78 is 6.70. The van der Waals surface area contributed by atoms with Crippen molar-refractivity contribution in [2.45, 2.75) is 64.6 Å². The van der Waals surface area contributed by atoms with Crippen LogP contribution in [0.15, 0.2) is 22.7 Å². The van der Waals surface area contributed by atoms with Crippen LogP contribution in [0, 0.1) is 0 Å². The van der Waals surface area contributed by atoms with E-state index in [1.54, 1.807) is 0 Å². The van der Waals surface area contributed by atoms with Crippen LogP contribution < -0.4 is 4.90 Å². The van der Waals surface area contributed by atoms with Gasteiger partial charge in [0.15, 0.2) is 0 Å². The van der Waals surface area contributed by atoms with E-state index in [2.05, 4.69) is 46.0 Å². The Morgan fingerprint density at radius 3 is 2.71 bits per heavy atom. The summed E-state index contributed by atoms with van der Waals surface area (Å²) in [4.78, 5) is 16.8.